The second-order valence-corrected chi connectivity index (χ2v) is 6.10. The minimum Gasteiger partial charge on any atom is -0.366 e. The largest absolute Gasteiger partial charge is 0.366 e. The summed E-state index contributed by atoms with van der Waals surface area (Å²) >= 11 is 1.65. The van der Waals surface area contributed by atoms with E-state index in [1.165, 1.54) is 0 Å². The van der Waals surface area contributed by atoms with Crippen LogP contribution in [0.5, 0.6) is 0 Å². The molecule has 2 aromatic rings. The zero-order chi connectivity index (χ0) is 17.2. The van der Waals surface area contributed by atoms with Crippen LogP contribution in [0, 0.1) is 11.8 Å². The van der Waals surface area contributed by atoms with E-state index in [9.17, 15) is 9.59 Å². The molecule has 0 atom stereocenters. The highest BCUT2D eigenvalue weighted by Gasteiger charge is 2.00. The Morgan fingerprint density at radius 1 is 1.04 bits per heavy atom. The van der Waals surface area contributed by atoms with Crippen molar-refractivity contribution in [1.29, 1.82) is 0 Å². The lowest BCUT2D eigenvalue weighted by Gasteiger charge is -2.02. The standard InChI is InChI=1S/C19H18N2O2S/c20-19(23)16-10-8-15(9-11-16)5-4-13-21-18(22)12-14-24-17-6-2-1-3-7-17/h1-3,6-11H,12-14H2,(H2,20,23)(H,21,22). The Balaban J connectivity index is 1.68. The van der Waals surface area contributed by atoms with Crippen molar-refractivity contribution in [1.82, 2.24) is 5.32 Å². The van der Waals surface area contributed by atoms with Gasteiger partial charge in [0.05, 0.1) is 6.54 Å². The molecule has 2 amide bonds. The molecular weight excluding hydrogens is 320 g/mol. The number of hydrogen-bond donors (Lipinski definition) is 2. The van der Waals surface area contributed by atoms with Crippen LogP contribution in [0.4, 0.5) is 0 Å². The fraction of sp³-hybridized carbons (Fsp3) is 0.158. The summed E-state index contributed by atoms with van der Waals surface area (Å²) in [6.45, 7) is 0.298. The summed E-state index contributed by atoms with van der Waals surface area (Å²) in [4.78, 5) is 23.8. The van der Waals surface area contributed by atoms with Crippen molar-refractivity contribution < 1.29 is 9.59 Å². The van der Waals surface area contributed by atoms with E-state index in [4.69, 9.17) is 5.73 Å². The number of amides is 2. The van der Waals surface area contributed by atoms with E-state index >= 15 is 0 Å². The van der Waals surface area contributed by atoms with E-state index < -0.39 is 5.91 Å². The van der Waals surface area contributed by atoms with Crippen LogP contribution in [0.15, 0.2) is 59.5 Å². The summed E-state index contributed by atoms with van der Waals surface area (Å²) in [7, 11) is 0. The zero-order valence-electron chi connectivity index (χ0n) is 13.1. The molecule has 0 aliphatic heterocycles. The van der Waals surface area contributed by atoms with Gasteiger partial charge >= 0.3 is 0 Å². The van der Waals surface area contributed by atoms with Gasteiger partial charge in [-0.05, 0) is 36.4 Å². The number of carbonyl (C=O) groups excluding carboxylic acids is 2. The minimum atomic E-state index is -0.463. The van der Waals surface area contributed by atoms with Gasteiger partial charge in [0.25, 0.3) is 0 Å². The summed E-state index contributed by atoms with van der Waals surface area (Å²) in [5.41, 5.74) is 6.39. The van der Waals surface area contributed by atoms with Gasteiger partial charge in [0.2, 0.25) is 11.8 Å². The molecule has 0 saturated heterocycles. The third kappa shape index (κ3) is 6.19. The van der Waals surface area contributed by atoms with Crippen molar-refractivity contribution >= 4 is 23.6 Å². The molecule has 0 heterocycles. The van der Waals surface area contributed by atoms with Gasteiger partial charge in [-0.2, -0.15) is 0 Å². The van der Waals surface area contributed by atoms with Crippen molar-refractivity contribution in [3.8, 4) is 11.8 Å². The number of thioether (sulfide) groups is 1. The SMILES string of the molecule is NC(=O)c1ccc(C#CCNC(=O)CCSc2ccccc2)cc1. The zero-order valence-corrected chi connectivity index (χ0v) is 13.9. The Morgan fingerprint density at radius 3 is 2.42 bits per heavy atom. The minimum absolute atomic E-state index is 0.0168. The lowest BCUT2D eigenvalue weighted by atomic mass is 10.1. The van der Waals surface area contributed by atoms with Crippen molar-refractivity contribution in [3.63, 3.8) is 0 Å². The number of carbonyl (C=O) groups is 2. The molecule has 2 rings (SSSR count). The topological polar surface area (TPSA) is 72.2 Å². The summed E-state index contributed by atoms with van der Waals surface area (Å²) in [6.07, 6.45) is 0.453. The Kier molecular flexibility index (Phi) is 6.93. The highest BCUT2D eigenvalue weighted by Crippen LogP contribution is 2.17. The molecule has 24 heavy (non-hydrogen) atoms. The van der Waals surface area contributed by atoms with Gasteiger partial charge < -0.3 is 11.1 Å². The van der Waals surface area contributed by atoms with Crippen LogP contribution in [0.3, 0.4) is 0 Å². The second-order valence-electron chi connectivity index (χ2n) is 4.93. The molecule has 3 N–H and O–H groups in total. The summed E-state index contributed by atoms with van der Waals surface area (Å²) in [5.74, 6) is 6.06. The Bertz CT molecular complexity index is 746. The lowest BCUT2D eigenvalue weighted by Crippen LogP contribution is -2.23. The first-order valence-electron chi connectivity index (χ1n) is 7.48. The van der Waals surface area contributed by atoms with E-state index in [1.54, 1.807) is 36.0 Å². The summed E-state index contributed by atoms with van der Waals surface area (Å²) in [6, 6.07) is 16.7. The second kappa shape index (κ2) is 9.43. The van der Waals surface area contributed by atoms with Gasteiger partial charge in [-0.3, -0.25) is 9.59 Å². The maximum absolute atomic E-state index is 11.7. The molecule has 4 nitrogen and oxygen atoms in total. The first-order valence-corrected chi connectivity index (χ1v) is 8.47. The highest BCUT2D eigenvalue weighted by atomic mass is 32.2. The smallest absolute Gasteiger partial charge is 0.248 e. The molecule has 0 aromatic heterocycles. The molecule has 2 aromatic carbocycles. The Labute approximate surface area is 145 Å². The van der Waals surface area contributed by atoms with Crippen LogP contribution in [0.1, 0.15) is 22.3 Å². The maximum atomic E-state index is 11.7. The average molecular weight is 338 g/mol. The van der Waals surface area contributed by atoms with E-state index in [1.807, 2.05) is 30.3 Å². The van der Waals surface area contributed by atoms with Gasteiger partial charge in [-0.15, -0.1) is 11.8 Å². The number of hydrogen-bond acceptors (Lipinski definition) is 3. The van der Waals surface area contributed by atoms with Crippen LogP contribution >= 0.6 is 11.8 Å². The first-order chi connectivity index (χ1) is 11.6. The quantitative estimate of drug-likeness (QED) is 0.628. The van der Waals surface area contributed by atoms with Gasteiger partial charge in [0.1, 0.15) is 0 Å². The van der Waals surface area contributed by atoms with Crippen LogP contribution < -0.4 is 11.1 Å². The van der Waals surface area contributed by atoms with Crippen molar-refractivity contribution in [2.75, 3.05) is 12.3 Å². The number of benzene rings is 2. The molecule has 0 saturated carbocycles. The molecule has 0 spiro atoms. The van der Waals surface area contributed by atoms with E-state index in [0.717, 1.165) is 16.2 Å². The van der Waals surface area contributed by atoms with Crippen LogP contribution in [-0.4, -0.2) is 24.1 Å². The fourth-order valence-corrected chi connectivity index (χ4v) is 2.75. The highest BCUT2D eigenvalue weighted by molar-refractivity contribution is 7.99. The van der Waals surface area contributed by atoms with Crippen LogP contribution in [0.2, 0.25) is 0 Å². The van der Waals surface area contributed by atoms with Crippen molar-refractivity contribution in [2.24, 2.45) is 5.73 Å². The number of rotatable bonds is 6. The fourth-order valence-electron chi connectivity index (χ4n) is 1.87. The molecule has 0 fully saturated rings. The average Bonchev–Trinajstić information content (AvgIpc) is 2.60. The molecule has 0 radical (unpaired) electrons. The van der Waals surface area contributed by atoms with Crippen LogP contribution in [-0.2, 0) is 4.79 Å². The maximum Gasteiger partial charge on any atom is 0.248 e. The predicted octanol–water partition coefficient (Wildman–Crippen LogP) is 2.44. The number of nitrogens with two attached hydrogens (primary N) is 1. The van der Waals surface area contributed by atoms with Crippen molar-refractivity contribution in [2.45, 2.75) is 11.3 Å². The third-order valence-corrected chi connectivity index (χ3v) is 4.13. The van der Waals surface area contributed by atoms with Crippen molar-refractivity contribution in [3.05, 3.63) is 65.7 Å². The monoisotopic (exact) mass is 338 g/mol. The van der Waals surface area contributed by atoms with Gasteiger partial charge in [-0.25, -0.2) is 0 Å². The third-order valence-electron chi connectivity index (χ3n) is 3.12. The van der Waals surface area contributed by atoms with E-state index in [-0.39, 0.29) is 5.91 Å². The molecule has 0 bridgehead atoms. The molecule has 0 unspecified atom stereocenters. The molecule has 122 valence electrons. The molecular formula is C19H18N2O2S. The molecule has 0 aliphatic carbocycles. The van der Waals surface area contributed by atoms with Gasteiger partial charge in [-0.1, -0.05) is 30.0 Å². The summed E-state index contributed by atoms with van der Waals surface area (Å²) < 4.78 is 0. The Morgan fingerprint density at radius 2 is 1.75 bits per heavy atom. The number of nitrogens with one attached hydrogen (secondary N) is 1. The first kappa shape index (κ1) is 17.6. The van der Waals surface area contributed by atoms with Crippen LogP contribution in [0.25, 0.3) is 0 Å². The van der Waals surface area contributed by atoms with Gasteiger partial charge in [0.15, 0.2) is 0 Å². The van der Waals surface area contributed by atoms with Gasteiger partial charge in [0, 0.05) is 28.2 Å². The lowest BCUT2D eigenvalue weighted by molar-refractivity contribution is -0.120. The summed E-state index contributed by atoms with van der Waals surface area (Å²) in [5, 5.41) is 2.77. The Hall–Kier alpha value is -2.71. The molecule has 0 aliphatic rings. The van der Waals surface area contributed by atoms with E-state index in [0.29, 0.717) is 18.5 Å². The number of primary amides is 1. The van der Waals surface area contributed by atoms with E-state index in [2.05, 4.69) is 17.2 Å². The predicted molar refractivity (Wildman–Crippen MR) is 96.6 cm³/mol. The molecule has 5 heteroatoms. The normalized spacial score (nSPS) is 9.67.